The van der Waals surface area contributed by atoms with Crippen molar-refractivity contribution in [2.24, 2.45) is 5.84 Å². The second-order valence-corrected chi connectivity index (χ2v) is 4.02. The molecule has 0 saturated heterocycles. The van der Waals surface area contributed by atoms with Gasteiger partial charge in [0.05, 0.1) is 17.8 Å². The Bertz CT molecular complexity index is 470. The van der Waals surface area contributed by atoms with Crippen LogP contribution < -0.4 is 16.6 Å². The van der Waals surface area contributed by atoms with Gasteiger partial charge in [-0.3, -0.25) is 10.6 Å². The average Bonchev–Trinajstić information content (AvgIpc) is 2.35. The van der Waals surface area contributed by atoms with E-state index in [9.17, 15) is 22.4 Å². The van der Waals surface area contributed by atoms with E-state index in [-0.39, 0.29) is 16.3 Å². The fourth-order valence-electron chi connectivity index (χ4n) is 1.20. The molecule has 0 aliphatic carbocycles. The molecule has 0 aliphatic rings. The number of nitrogens with two attached hydrogens (primary N) is 1. The fourth-order valence-corrected chi connectivity index (χ4v) is 1.37. The van der Waals surface area contributed by atoms with Crippen molar-refractivity contribution in [3.05, 3.63) is 28.8 Å². The van der Waals surface area contributed by atoms with Crippen LogP contribution in [0.4, 0.5) is 23.2 Å². The summed E-state index contributed by atoms with van der Waals surface area (Å²) in [6.07, 6.45) is -3.86. The molecule has 0 atom stereocenters. The molecule has 0 saturated carbocycles. The summed E-state index contributed by atoms with van der Waals surface area (Å²) < 4.78 is 49.1. The summed E-state index contributed by atoms with van der Waals surface area (Å²) >= 11 is 5.64. The number of benzene rings is 1. The minimum atomic E-state index is -4.30. The molecule has 0 unspecified atom stereocenters. The molecule has 1 aromatic carbocycles. The first-order chi connectivity index (χ1) is 8.77. The Labute approximate surface area is 110 Å². The van der Waals surface area contributed by atoms with Crippen molar-refractivity contribution >= 4 is 23.2 Å². The lowest BCUT2D eigenvalue weighted by molar-refractivity contribution is -0.123. The van der Waals surface area contributed by atoms with Crippen molar-refractivity contribution in [1.82, 2.24) is 5.32 Å². The van der Waals surface area contributed by atoms with Crippen LogP contribution in [-0.2, 0) is 0 Å². The number of carbonyl (C=O) groups excluding carboxylic acids is 1. The maximum Gasteiger partial charge on any atom is 0.324 e. The van der Waals surface area contributed by atoms with Crippen LogP contribution >= 0.6 is 11.6 Å². The molecule has 4 N–H and O–H groups in total. The van der Waals surface area contributed by atoms with Crippen LogP contribution in [0.15, 0.2) is 18.2 Å². The third-order valence-electron chi connectivity index (χ3n) is 2.19. The van der Waals surface area contributed by atoms with Gasteiger partial charge < -0.3 is 10.7 Å². The number of hydrogen-bond acceptors (Lipinski definition) is 3. The molecule has 4 nitrogen and oxygen atoms in total. The zero-order valence-corrected chi connectivity index (χ0v) is 10.1. The number of nitrogens with one attached hydrogen (secondary N) is 2. The first-order valence-corrected chi connectivity index (χ1v) is 5.36. The highest BCUT2D eigenvalue weighted by Gasteiger charge is 2.40. The molecule has 0 spiro atoms. The molecule has 9 heteroatoms. The number of rotatable bonds is 5. The summed E-state index contributed by atoms with van der Waals surface area (Å²) in [5, 5.41) is 1.87. The minimum absolute atomic E-state index is 0.125. The van der Waals surface area contributed by atoms with Crippen molar-refractivity contribution in [2.45, 2.75) is 12.3 Å². The molecule has 1 amide bonds. The maximum atomic E-state index is 12.7. The van der Waals surface area contributed by atoms with Gasteiger partial charge in [-0.15, -0.1) is 0 Å². The Morgan fingerprint density at radius 1 is 1.42 bits per heavy atom. The van der Waals surface area contributed by atoms with Gasteiger partial charge in [0.2, 0.25) is 0 Å². The van der Waals surface area contributed by atoms with E-state index in [1.807, 2.05) is 0 Å². The Kier molecular flexibility index (Phi) is 4.96. The normalized spacial score (nSPS) is 11.5. The van der Waals surface area contributed by atoms with Gasteiger partial charge in [0.25, 0.3) is 5.91 Å². The molecule has 0 fully saturated rings. The standard InChI is InChI=1S/C10H10ClF4N3O/c11-5-1-2-7(18-16)6(3-5)8(19)17-4-10(14,15)9(12)13/h1-3,9,18H,4,16H2,(H,17,19). The van der Waals surface area contributed by atoms with Crippen LogP contribution in [0.3, 0.4) is 0 Å². The molecule has 0 aromatic heterocycles. The zero-order valence-electron chi connectivity index (χ0n) is 9.39. The van der Waals surface area contributed by atoms with E-state index in [4.69, 9.17) is 17.4 Å². The van der Waals surface area contributed by atoms with Gasteiger partial charge in [0, 0.05) is 5.02 Å². The number of halogens is 5. The number of hydrogen-bond donors (Lipinski definition) is 3. The highest BCUT2D eigenvalue weighted by molar-refractivity contribution is 6.31. The average molecular weight is 300 g/mol. The Morgan fingerprint density at radius 2 is 2.05 bits per heavy atom. The SMILES string of the molecule is NNc1ccc(Cl)cc1C(=O)NCC(F)(F)C(F)F. The van der Waals surface area contributed by atoms with E-state index in [1.165, 1.54) is 18.2 Å². The smallest absolute Gasteiger partial charge is 0.324 e. The topological polar surface area (TPSA) is 67.1 Å². The van der Waals surface area contributed by atoms with Crippen molar-refractivity contribution < 1.29 is 22.4 Å². The van der Waals surface area contributed by atoms with Gasteiger partial charge >= 0.3 is 12.3 Å². The van der Waals surface area contributed by atoms with Gasteiger partial charge in [0.1, 0.15) is 0 Å². The number of alkyl halides is 4. The molecule has 0 radical (unpaired) electrons. The third-order valence-corrected chi connectivity index (χ3v) is 2.42. The maximum absolute atomic E-state index is 12.7. The third kappa shape index (κ3) is 3.97. The Morgan fingerprint density at radius 3 is 2.58 bits per heavy atom. The number of hydrazine groups is 1. The summed E-state index contributed by atoms with van der Waals surface area (Å²) in [4.78, 5) is 11.6. The van der Waals surface area contributed by atoms with Crippen LogP contribution in [0, 0.1) is 0 Å². The van der Waals surface area contributed by atoms with Gasteiger partial charge in [-0.1, -0.05) is 11.6 Å². The summed E-state index contributed by atoms with van der Waals surface area (Å²) in [6, 6.07) is 3.94. The van der Waals surface area contributed by atoms with Crippen LogP contribution in [0.1, 0.15) is 10.4 Å². The van der Waals surface area contributed by atoms with E-state index in [0.717, 1.165) is 0 Å². The number of nitrogen functional groups attached to an aromatic ring is 1. The molecule has 0 heterocycles. The van der Waals surface area contributed by atoms with Crippen molar-refractivity contribution in [3.63, 3.8) is 0 Å². The first-order valence-electron chi connectivity index (χ1n) is 4.98. The minimum Gasteiger partial charge on any atom is -0.346 e. The largest absolute Gasteiger partial charge is 0.346 e. The molecule has 0 aliphatic heterocycles. The van der Waals surface area contributed by atoms with E-state index >= 15 is 0 Å². The summed E-state index contributed by atoms with van der Waals surface area (Å²) in [5.74, 6) is -0.164. The number of carbonyl (C=O) groups is 1. The van der Waals surface area contributed by atoms with Crippen molar-refractivity contribution in [2.75, 3.05) is 12.0 Å². The summed E-state index contributed by atoms with van der Waals surface area (Å²) in [7, 11) is 0. The quantitative estimate of drug-likeness (QED) is 0.444. The number of amides is 1. The summed E-state index contributed by atoms with van der Waals surface area (Å²) in [5.41, 5.74) is 2.17. The van der Waals surface area contributed by atoms with Crippen LogP contribution in [0.2, 0.25) is 5.02 Å². The van der Waals surface area contributed by atoms with Crippen LogP contribution in [-0.4, -0.2) is 24.8 Å². The number of anilines is 1. The second-order valence-electron chi connectivity index (χ2n) is 3.58. The van der Waals surface area contributed by atoms with Crippen molar-refractivity contribution in [1.29, 1.82) is 0 Å². The lowest BCUT2D eigenvalue weighted by atomic mass is 10.1. The lowest BCUT2D eigenvalue weighted by Crippen LogP contribution is -2.41. The highest BCUT2D eigenvalue weighted by atomic mass is 35.5. The predicted octanol–water partition coefficient (Wildman–Crippen LogP) is 2.26. The zero-order chi connectivity index (χ0) is 14.6. The predicted molar refractivity (Wildman–Crippen MR) is 62.5 cm³/mol. The van der Waals surface area contributed by atoms with E-state index < -0.39 is 24.8 Å². The van der Waals surface area contributed by atoms with Crippen LogP contribution in [0.5, 0.6) is 0 Å². The van der Waals surface area contributed by atoms with Gasteiger partial charge in [-0.2, -0.15) is 8.78 Å². The molecule has 19 heavy (non-hydrogen) atoms. The molecular formula is C10H10ClF4N3O. The lowest BCUT2D eigenvalue weighted by Gasteiger charge is -2.16. The van der Waals surface area contributed by atoms with E-state index in [0.29, 0.717) is 0 Å². The van der Waals surface area contributed by atoms with Gasteiger partial charge in [-0.05, 0) is 18.2 Å². The van der Waals surface area contributed by atoms with Gasteiger partial charge in [0.15, 0.2) is 0 Å². The first kappa shape index (κ1) is 15.5. The Balaban J connectivity index is 2.82. The highest BCUT2D eigenvalue weighted by Crippen LogP contribution is 2.23. The van der Waals surface area contributed by atoms with E-state index in [1.54, 1.807) is 5.32 Å². The van der Waals surface area contributed by atoms with Crippen molar-refractivity contribution in [3.8, 4) is 0 Å². The monoisotopic (exact) mass is 299 g/mol. The Hall–Kier alpha value is -1.54. The molecule has 1 rings (SSSR count). The summed E-state index contributed by atoms with van der Waals surface area (Å²) in [6.45, 7) is -1.49. The molecule has 0 bridgehead atoms. The molecule has 1 aromatic rings. The fraction of sp³-hybridized carbons (Fsp3) is 0.300. The molecular weight excluding hydrogens is 290 g/mol. The second kappa shape index (κ2) is 6.07. The van der Waals surface area contributed by atoms with Crippen LogP contribution in [0.25, 0.3) is 0 Å². The molecule has 106 valence electrons. The van der Waals surface area contributed by atoms with E-state index in [2.05, 4.69) is 5.43 Å². The van der Waals surface area contributed by atoms with Gasteiger partial charge in [-0.25, -0.2) is 8.78 Å².